The second-order valence-electron chi connectivity index (χ2n) is 6.03. The van der Waals surface area contributed by atoms with Gasteiger partial charge in [0.05, 0.1) is 17.2 Å². The molecule has 1 saturated carbocycles. The minimum atomic E-state index is -0.723. The van der Waals surface area contributed by atoms with E-state index in [0.717, 1.165) is 4.70 Å². The quantitative estimate of drug-likeness (QED) is 0.660. The molecule has 0 bridgehead atoms. The van der Waals surface area contributed by atoms with Gasteiger partial charge in [0.2, 0.25) is 17.7 Å². The number of hydrogen-bond donors (Lipinski definition) is 1. The van der Waals surface area contributed by atoms with Crippen LogP contribution in [0, 0.1) is 17.1 Å². The maximum Gasteiger partial charge on any atom is 0.230 e. The van der Waals surface area contributed by atoms with E-state index in [0.29, 0.717) is 33.7 Å². The third-order valence-corrected chi connectivity index (χ3v) is 5.38. The van der Waals surface area contributed by atoms with Gasteiger partial charge in [0.25, 0.3) is 0 Å². The van der Waals surface area contributed by atoms with E-state index >= 15 is 0 Å². The largest absolute Gasteiger partial charge is 0.424 e. The molecule has 7 nitrogen and oxygen atoms in total. The molecule has 0 radical (unpaired) electrons. The maximum atomic E-state index is 13.9. The smallest absolute Gasteiger partial charge is 0.230 e. The fourth-order valence-electron chi connectivity index (χ4n) is 2.48. The number of aromatic nitrogens is 3. The fraction of sp³-hybridized carbons (Fsp3) is 0.312. The average Bonchev–Trinajstić information content (AvgIpc) is 3.01. The summed E-state index contributed by atoms with van der Waals surface area (Å²) in [6, 6.07) is 5.25. The first-order valence-electron chi connectivity index (χ1n) is 7.74. The van der Waals surface area contributed by atoms with Crippen molar-refractivity contribution in [1.82, 2.24) is 20.5 Å². The zero-order valence-electron chi connectivity index (χ0n) is 13.3. The molecule has 1 aliphatic carbocycles. The van der Waals surface area contributed by atoms with Gasteiger partial charge in [-0.25, -0.2) is 9.37 Å². The summed E-state index contributed by atoms with van der Waals surface area (Å²) in [5.74, 6) is -0.258. The van der Waals surface area contributed by atoms with Crippen molar-refractivity contribution in [3.8, 4) is 6.07 Å². The Bertz CT molecular complexity index is 1050. The van der Waals surface area contributed by atoms with Crippen molar-refractivity contribution in [3.05, 3.63) is 39.2 Å². The van der Waals surface area contributed by atoms with Gasteiger partial charge in [0.1, 0.15) is 22.5 Å². The standard InChI is InChI=1S/C16H11BrFN5O2S/c17-8-3-9(18)15-10(4-8)26-14(20-15)6-13-23-22-12(25-13)5-11(24)21-16(7-19)1-2-16/h3-4H,1-2,5-6H2,(H,21,24). The van der Waals surface area contributed by atoms with Gasteiger partial charge in [0.15, 0.2) is 5.82 Å². The second-order valence-corrected chi connectivity index (χ2v) is 8.06. The van der Waals surface area contributed by atoms with Crippen LogP contribution in [-0.2, 0) is 17.6 Å². The van der Waals surface area contributed by atoms with Crippen LogP contribution in [0.3, 0.4) is 0 Å². The molecule has 1 amide bonds. The first kappa shape index (κ1) is 17.1. The number of nitrogens with one attached hydrogen (secondary N) is 1. The highest BCUT2D eigenvalue weighted by Gasteiger charge is 2.44. The molecule has 1 aromatic carbocycles. The Labute approximate surface area is 159 Å². The lowest BCUT2D eigenvalue weighted by Gasteiger charge is -2.06. The van der Waals surface area contributed by atoms with Gasteiger partial charge >= 0.3 is 0 Å². The molecule has 10 heteroatoms. The Morgan fingerprint density at radius 1 is 1.42 bits per heavy atom. The first-order valence-corrected chi connectivity index (χ1v) is 9.35. The summed E-state index contributed by atoms with van der Waals surface area (Å²) in [5, 5.41) is 20.0. The summed E-state index contributed by atoms with van der Waals surface area (Å²) in [6.07, 6.45) is 1.49. The molecule has 132 valence electrons. The summed E-state index contributed by atoms with van der Waals surface area (Å²) in [6.45, 7) is 0. The lowest BCUT2D eigenvalue weighted by atomic mass is 10.3. The number of rotatable bonds is 5. The summed E-state index contributed by atoms with van der Waals surface area (Å²) in [7, 11) is 0. The van der Waals surface area contributed by atoms with Crippen LogP contribution in [0.4, 0.5) is 4.39 Å². The highest BCUT2D eigenvalue weighted by molar-refractivity contribution is 9.10. The van der Waals surface area contributed by atoms with Crippen LogP contribution < -0.4 is 5.32 Å². The van der Waals surface area contributed by atoms with E-state index in [1.165, 1.54) is 17.4 Å². The van der Waals surface area contributed by atoms with Crippen molar-refractivity contribution in [2.75, 3.05) is 0 Å². The van der Waals surface area contributed by atoms with Gasteiger partial charge in [-0.15, -0.1) is 21.5 Å². The third-order valence-electron chi connectivity index (χ3n) is 3.92. The Morgan fingerprint density at radius 3 is 2.92 bits per heavy atom. The zero-order valence-corrected chi connectivity index (χ0v) is 15.7. The molecular weight excluding hydrogens is 425 g/mol. The number of benzene rings is 1. The average molecular weight is 436 g/mol. The van der Waals surface area contributed by atoms with E-state index < -0.39 is 11.4 Å². The monoisotopic (exact) mass is 435 g/mol. The van der Waals surface area contributed by atoms with E-state index in [1.807, 2.05) is 0 Å². The molecule has 0 spiro atoms. The maximum absolute atomic E-state index is 13.9. The predicted molar refractivity (Wildman–Crippen MR) is 93.8 cm³/mol. The van der Waals surface area contributed by atoms with E-state index in [-0.39, 0.29) is 24.6 Å². The van der Waals surface area contributed by atoms with Crippen molar-refractivity contribution < 1.29 is 13.6 Å². The van der Waals surface area contributed by atoms with Crippen LogP contribution in [-0.4, -0.2) is 26.6 Å². The van der Waals surface area contributed by atoms with Gasteiger partial charge in [-0.2, -0.15) is 5.26 Å². The molecule has 26 heavy (non-hydrogen) atoms. The van der Waals surface area contributed by atoms with Crippen molar-refractivity contribution >= 4 is 43.4 Å². The summed E-state index contributed by atoms with van der Waals surface area (Å²) >= 11 is 4.59. The molecule has 4 rings (SSSR count). The molecule has 2 heterocycles. The number of nitriles is 1. The van der Waals surface area contributed by atoms with Gasteiger partial charge in [-0.3, -0.25) is 4.79 Å². The number of carbonyl (C=O) groups is 1. The molecule has 0 aliphatic heterocycles. The highest BCUT2D eigenvalue weighted by atomic mass is 79.9. The number of carbonyl (C=O) groups excluding carboxylic acids is 1. The molecule has 1 aliphatic rings. The number of thiazole rings is 1. The number of amides is 1. The Balaban J connectivity index is 1.44. The number of hydrogen-bond acceptors (Lipinski definition) is 7. The molecule has 0 atom stereocenters. The normalized spacial score (nSPS) is 15.0. The van der Waals surface area contributed by atoms with Gasteiger partial charge in [-0.1, -0.05) is 15.9 Å². The van der Waals surface area contributed by atoms with Crippen molar-refractivity contribution in [3.63, 3.8) is 0 Å². The van der Waals surface area contributed by atoms with Crippen molar-refractivity contribution in [1.29, 1.82) is 5.26 Å². The third kappa shape index (κ3) is 3.45. The number of halogens is 2. The fourth-order valence-corrected chi connectivity index (χ4v) is 4.07. The Hall–Kier alpha value is -2.38. The molecule has 2 aromatic heterocycles. The molecule has 3 aromatic rings. The van der Waals surface area contributed by atoms with Gasteiger partial charge < -0.3 is 9.73 Å². The molecule has 0 unspecified atom stereocenters. The van der Waals surface area contributed by atoms with E-state index in [9.17, 15) is 9.18 Å². The molecule has 1 N–H and O–H groups in total. The topological polar surface area (TPSA) is 105 Å². The molecule has 0 saturated heterocycles. The number of nitrogens with zero attached hydrogens (tertiary/aromatic N) is 4. The van der Waals surface area contributed by atoms with Crippen molar-refractivity contribution in [2.24, 2.45) is 0 Å². The van der Waals surface area contributed by atoms with Gasteiger partial charge in [-0.05, 0) is 25.0 Å². The highest BCUT2D eigenvalue weighted by Crippen LogP contribution is 2.34. The zero-order chi connectivity index (χ0) is 18.3. The summed E-state index contributed by atoms with van der Waals surface area (Å²) in [5.41, 5.74) is -0.419. The van der Waals surface area contributed by atoms with E-state index in [2.05, 4.69) is 42.5 Å². The first-order chi connectivity index (χ1) is 12.5. The van der Waals surface area contributed by atoms with Crippen LogP contribution in [0.2, 0.25) is 0 Å². The minimum absolute atomic E-state index is 0.0855. The second kappa shape index (κ2) is 6.41. The molecular formula is C16H11BrFN5O2S. The lowest BCUT2D eigenvalue weighted by molar-refractivity contribution is -0.121. The van der Waals surface area contributed by atoms with E-state index in [4.69, 9.17) is 9.68 Å². The summed E-state index contributed by atoms with van der Waals surface area (Å²) < 4.78 is 20.8. The van der Waals surface area contributed by atoms with E-state index in [1.54, 1.807) is 6.07 Å². The van der Waals surface area contributed by atoms with Crippen LogP contribution in [0.5, 0.6) is 0 Å². The minimum Gasteiger partial charge on any atom is -0.424 e. The van der Waals surface area contributed by atoms with Gasteiger partial charge in [0, 0.05) is 4.47 Å². The summed E-state index contributed by atoms with van der Waals surface area (Å²) in [4.78, 5) is 16.2. The lowest BCUT2D eigenvalue weighted by Crippen LogP contribution is -2.36. The Morgan fingerprint density at radius 2 is 2.19 bits per heavy atom. The SMILES string of the molecule is N#CC1(NC(=O)Cc2nnc(Cc3nc4c(F)cc(Br)cc4s3)o2)CC1. The predicted octanol–water partition coefficient (Wildman–Crippen LogP) is 2.89. The van der Waals surface area contributed by atoms with Crippen LogP contribution >= 0.6 is 27.3 Å². The molecule has 1 fully saturated rings. The van der Waals surface area contributed by atoms with Crippen LogP contribution in [0.1, 0.15) is 29.6 Å². The Kier molecular flexibility index (Phi) is 4.20. The van der Waals surface area contributed by atoms with Crippen molar-refractivity contribution in [2.45, 2.75) is 31.2 Å². The van der Waals surface area contributed by atoms with Crippen LogP contribution in [0.25, 0.3) is 10.2 Å². The number of fused-ring (bicyclic) bond motifs is 1. The van der Waals surface area contributed by atoms with Crippen LogP contribution in [0.15, 0.2) is 21.0 Å².